The number of methoxy groups -OCH3 is 2. The van der Waals surface area contributed by atoms with Gasteiger partial charge in [-0.05, 0) is 53.2 Å². The molecule has 1 N–H and O–H groups in total. The van der Waals surface area contributed by atoms with Crippen LogP contribution in [0.1, 0.15) is 11.1 Å². The molecule has 3 amide bonds. The molecule has 3 aromatic carbocycles. The summed E-state index contributed by atoms with van der Waals surface area (Å²) in [6, 6.07) is 17.5. The second-order valence-corrected chi connectivity index (χ2v) is 9.13. The highest BCUT2D eigenvalue weighted by Crippen LogP contribution is 2.35. The van der Waals surface area contributed by atoms with Crippen LogP contribution in [-0.2, 0) is 16.1 Å². The Bertz CT molecular complexity index is 1460. The van der Waals surface area contributed by atoms with Gasteiger partial charge in [-0.1, -0.05) is 30.3 Å². The molecule has 0 aliphatic carbocycles. The Morgan fingerprint density at radius 1 is 1.00 bits per heavy atom. The maximum absolute atomic E-state index is 12.9. The number of non-ortho nitro benzene ring substituents is 1. The molecular formula is C27H23N3O8S. The van der Waals surface area contributed by atoms with Crippen LogP contribution in [0.2, 0.25) is 0 Å². The largest absolute Gasteiger partial charge is 0.495 e. The van der Waals surface area contributed by atoms with Crippen LogP contribution in [0, 0.1) is 10.1 Å². The molecule has 0 bridgehead atoms. The van der Waals surface area contributed by atoms with Crippen molar-refractivity contribution >= 4 is 46.3 Å². The lowest BCUT2D eigenvalue weighted by molar-refractivity contribution is -0.384. The summed E-state index contributed by atoms with van der Waals surface area (Å²) in [6.45, 7) is -0.289. The number of anilines is 1. The van der Waals surface area contributed by atoms with Gasteiger partial charge in [0.2, 0.25) is 0 Å². The topological polar surface area (TPSA) is 137 Å². The van der Waals surface area contributed by atoms with E-state index < -0.39 is 22.0 Å². The monoisotopic (exact) mass is 549 g/mol. The minimum atomic E-state index is -0.520. The highest BCUT2D eigenvalue weighted by atomic mass is 32.2. The summed E-state index contributed by atoms with van der Waals surface area (Å²) < 4.78 is 16.2. The normalized spacial score (nSPS) is 13.9. The number of nitrogens with zero attached hydrogens (tertiary/aromatic N) is 2. The smallest absolute Gasteiger partial charge is 0.293 e. The van der Waals surface area contributed by atoms with Crippen LogP contribution in [0.3, 0.4) is 0 Å². The zero-order valence-electron chi connectivity index (χ0n) is 20.9. The fraction of sp³-hybridized carbons (Fsp3) is 0.148. The van der Waals surface area contributed by atoms with Crippen molar-refractivity contribution in [1.29, 1.82) is 0 Å². The molecule has 11 nitrogen and oxygen atoms in total. The molecule has 0 radical (unpaired) electrons. The van der Waals surface area contributed by atoms with E-state index in [0.717, 1.165) is 16.7 Å². The molecule has 0 spiro atoms. The van der Waals surface area contributed by atoms with Gasteiger partial charge in [0.15, 0.2) is 18.1 Å². The molecule has 12 heteroatoms. The van der Waals surface area contributed by atoms with E-state index in [1.807, 2.05) is 0 Å². The number of thioether (sulfide) groups is 1. The highest BCUT2D eigenvalue weighted by Gasteiger charge is 2.35. The molecule has 1 aliphatic heterocycles. The van der Waals surface area contributed by atoms with E-state index in [9.17, 15) is 24.5 Å². The van der Waals surface area contributed by atoms with E-state index >= 15 is 0 Å². The number of nitro groups is 1. The van der Waals surface area contributed by atoms with Gasteiger partial charge in [0.25, 0.3) is 22.7 Å². The first-order valence-electron chi connectivity index (χ1n) is 11.5. The summed E-state index contributed by atoms with van der Waals surface area (Å²) in [5.41, 5.74) is 1.60. The van der Waals surface area contributed by atoms with Gasteiger partial charge in [0, 0.05) is 12.1 Å². The minimum absolute atomic E-state index is 0.00692. The third kappa shape index (κ3) is 6.54. The van der Waals surface area contributed by atoms with Crippen LogP contribution in [-0.4, -0.2) is 47.7 Å². The number of para-hydroxylation sites is 2. The average molecular weight is 550 g/mol. The Balaban J connectivity index is 1.41. The number of hydrogen-bond donors (Lipinski definition) is 1. The molecule has 3 aromatic rings. The van der Waals surface area contributed by atoms with Crippen molar-refractivity contribution in [3.63, 3.8) is 0 Å². The first-order valence-corrected chi connectivity index (χ1v) is 12.3. The lowest BCUT2D eigenvalue weighted by Gasteiger charge is -2.13. The molecule has 1 heterocycles. The third-order valence-corrected chi connectivity index (χ3v) is 6.49. The molecule has 1 fully saturated rings. The van der Waals surface area contributed by atoms with Crippen LogP contribution in [0.15, 0.2) is 71.6 Å². The summed E-state index contributed by atoms with van der Waals surface area (Å²) in [5, 5.41) is 13.1. The summed E-state index contributed by atoms with van der Waals surface area (Å²) >= 11 is 0.795. The van der Waals surface area contributed by atoms with Gasteiger partial charge in [-0.15, -0.1) is 0 Å². The van der Waals surface area contributed by atoms with Gasteiger partial charge in [-0.25, -0.2) is 0 Å². The van der Waals surface area contributed by atoms with Gasteiger partial charge >= 0.3 is 0 Å². The van der Waals surface area contributed by atoms with E-state index in [-0.39, 0.29) is 23.7 Å². The van der Waals surface area contributed by atoms with E-state index in [2.05, 4.69) is 5.32 Å². The van der Waals surface area contributed by atoms with Gasteiger partial charge in [-0.2, -0.15) is 0 Å². The molecule has 0 unspecified atom stereocenters. The fourth-order valence-corrected chi connectivity index (χ4v) is 4.50. The molecule has 1 saturated heterocycles. The van der Waals surface area contributed by atoms with Crippen molar-refractivity contribution in [1.82, 2.24) is 4.90 Å². The maximum atomic E-state index is 12.9. The minimum Gasteiger partial charge on any atom is -0.495 e. The van der Waals surface area contributed by atoms with Crippen molar-refractivity contribution in [2.75, 3.05) is 26.1 Å². The number of carbonyl (C=O) groups is 3. The SMILES string of the molecule is COc1ccccc1NC(=O)COc1ccc(/C=C2/SC(=O)N(Cc3ccc([N+](=O)[O-])cc3)C2=O)cc1OC. The summed E-state index contributed by atoms with van der Waals surface area (Å²) in [7, 11) is 2.95. The van der Waals surface area contributed by atoms with Gasteiger partial charge < -0.3 is 19.5 Å². The van der Waals surface area contributed by atoms with Crippen LogP contribution in [0.4, 0.5) is 16.2 Å². The van der Waals surface area contributed by atoms with Crippen LogP contribution >= 0.6 is 11.8 Å². The summed E-state index contributed by atoms with van der Waals surface area (Å²) in [4.78, 5) is 49.4. The number of benzene rings is 3. The van der Waals surface area contributed by atoms with Crippen LogP contribution < -0.4 is 19.5 Å². The predicted octanol–water partition coefficient (Wildman–Crippen LogP) is 4.87. The lowest BCUT2D eigenvalue weighted by Crippen LogP contribution is -2.27. The second-order valence-electron chi connectivity index (χ2n) is 8.14. The number of rotatable bonds is 10. The highest BCUT2D eigenvalue weighted by molar-refractivity contribution is 8.18. The molecular weight excluding hydrogens is 526 g/mol. The van der Waals surface area contributed by atoms with Crippen LogP contribution in [0.25, 0.3) is 6.08 Å². The Hall–Kier alpha value is -4.84. The third-order valence-electron chi connectivity index (χ3n) is 5.59. The van der Waals surface area contributed by atoms with E-state index in [1.54, 1.807) is 48.5 Å². The Morgan fingerprint density at radius 2 is 1.72 bits per heavy atom. The molecule has 0 atom stereocenters. The number of imide groups is 1. The van der Waals surface area contributed by atoms with E-state index in [4.69, 9.17) is 14.2 Å². The second kappa shape index (κ2) is 12.1. The number of ether oxygens (including phenoxy) is 3. The van der Waals surface area contributed by atoms with Gasteiger partial charge in [0.1, 0.15) is 5.75 Å². The first kappa shape index (κ1) is 27.2. The van der Waals surface area contributed by atoms with Crippen molar-refractivity contribution in [2.45, 2.75) is 6.54 Å². The van der Waals surface area contributed by atoms with Crippen molar-refractivity contribution in [2.24, 2.45) is 0 Å². The fourth-order valence-electron chi connectivity index (χ4n) is 3.66. The molecule has 0 saturated carbocycles. The maximum Gasteiger partial charge on any atom is 0.293 e. The first-order chi connectivity index (χ1) is 18.8. The van der Waals surface area contributed by atoms with Crippen LogP contribution in [0.5, 0.6) is 17.2 Å². The predicted molar refractivity (Wildman–Crippen MR) is 145 cm³/mol. The molecule has 4 rings (SSSR count). The van der Waals surface area contributed by atoms with Crippen molar-refractivity contribution in [3.05, 3.63) is 92.9 Å². The number of hydrogen-bond acceptors (Lipinski definition) is 9. The van der Waals surface area contributed by atoms with Gasteiger partial charge in [-0.3, -0.25) is 29.4 Å². The summed E-state index contributed by atoms with van der Waals surface area (Å²) in [5.74, 6) is 0.294. The van der Waals surface area contributed by atoms with Gasteiger partial charge in [0.05, 0.1) is 36.3 Å². The lowest BCUT2D eigenvalue weighted by atomic mass is 10.1. The Morgan fingerprint density at radius 3 is 2.41 bits per heavy atom. The zero-order valence-corrected chi connectivity index (χ0v) is 21.7. The Kier molecular flexibility index (Phi) is 8.46. The number of nitrogens with one attached hydrogen (secondary N) is 1. The summed E-state index contributed by atoms with van der Waals surface area (Å²) in [6.07, 6.45) is 1.56. The molecule has 1 aliphatic rings. The van der Waals surface area contributed by atoms with E-state index in [1.165, 1.54) is 38.5 Å². The zero-order chi connectivity index (χ0) is 27.9. The van der Waals surface area contributed by atoms with Crippen molar-refractivity contribution < 1.29 is 33.5 Å². The molecule has 39 heavy (non-hydrogen) atoms. The average Bonchev–Trinajstić information content (AvgIpc) is 3.20. The standard InChI is InChI=1S/C27H23N3O8S/c1-36-21-6-4-3-5-20(21)28-25(31)16-38-22-12-9-18(13-23(22)37-2)14-24-26(32)29(27(33)39-24)15-17-7-10-19(11-8-17)30(34)35/h3-14H,15-16H2,1-2H3,(H,28,31)/b24-14+. The van der Waals surface area contributed by atoms with E-state index in [0.29, 0.717) is 34.1 Å². The number of nitro benzene ring substituents is 1. The van der Waals surface area contributed by atoms with Crippen molar-refractivity contribution in [3.8, 4) is 17.2 Å². The Labute approximate surface area is 227 Å². The molecule has 0 aromatic heterocycles. The number of amides is 3. The number of carbonyl (C=O) groups excluding carboxylic acids is 3. The quantitative estimate of drug-likeness (QED) is 0.213. The molecule has 200 valence electrons.